The van der Waals surface area contributed by atoms with Crippen LogP contribution in [-0.2, 0) is 6.54 Å². The lowest BCUT2D eigenvalue weighted by Gasteiger charge is -2.30. The van der Waals surface area contributed by atoms with E-state index in [4.69, 9.17) is 27.9 Å². The summed E-state index contributed by atoms with van der Waals surface area (Å²) in [6.45, 7) is 4.73. The van der Waals surface area contributed by atoms with Crippen molar-refractivity contribution in [3.8, 4) is 5.75 Å². The number of benzene rings is 1. The first kappa shape index (κ1) is 26.6. The predicted octanol–water partition coefficient (Wildman–Crippen LogP) is 6.47. The number of piperidine rings is 1. The van der Waals surface area contributed by atoms with Crippen LogP contribution in [0.4, 0.5) is 4.39 Å². The van der Waals surface area contributed by atoms with Crippen molar-refractivity contribution in [1.29, 1.82) is 0 Å². The van der Waals surface area contributed by atoms with Crippen LogP contribution in [0.5, 0.6) is 5.75 Å². The lowest BCUT2D eigenvalue weighted by atomic mass is 9.98. The van der Waals surface area contributed by atoms with Gasteiger partial charge in [-0.25, -0.2) is 4.39 Å². The van der Waals surface area contributed by atoms with Gasteiger partial charge < -0.3 is 9.84 Å². The normalized spacial score (nSPS) is 16.2. The number of halogens is 3. The number of aromatic amines is 1. The molecule has 3 aromatic heterocycles. The number of likely N-dealkylation sites (tertiary alicyclic amines) is 1. The van der Waals surface area contributed by atoms with Gasteiger partial charge in [0.05, 0.1) is 21.3 Å². The monoisotopic (exact) mass is 555 g/mol. The van der Waals surface area contributed by atoms with Crippen molar-refractivity contribution in [1.82, 2.24) is 25.1 Å². The summed E-state index contributed by atoms with van der Waals surface area (Å²) in [6, 6.07) is 9.08. The van der Waals surface area contributed by atoms with E-state index in [0.717, 1.165) is 38.2 Å². The summed E-state index contributed by atoms with van der Waals surface area (Å²) >= 11 is 12.5. The summed E-state index contributed by atoms with van der Waals surface area (Å²) in [4.78, 5) is 10.8. The molecule has 1 saturated heterocycles. The minimum atomic E-state index is -0.484. The smallest absolute Gasteiger partial charge is 0.151 e. The van der Waals surface area contributed by atoms with Gasteiger partial charge in [0.2, 0.25) is 0 Å². The largest absolute Gasteiger partial charge is 0.486 e. The minimum absolute atomic E-state index is 0.189. The van der Waals surface area contributed by atoms with Crippen LogP contribution in [0, 0.1) is 5.92 Å². The number of fused-ring (bicyclic) bond motifs is 1. The highest BCUT2D eigenvalue weighted by Crippen LogP contribution is 2.34. The Bertz CT molecular complexity index is 1410. The molecule has 38 heavy (non-hydrogen) atoms. The van der Waals surface area contributed by atoms with Gasteiger partial charge in [0, 0.05) is 42.7 Å². The van der Waals surface area contributed by atoms with Crippen molar-refractivity contribution >= 4 is 46.0 Å². The van der Waals surface area contributed by atoms with Gasteiger partial charge in [-0.05, 0) is 74.7 Å². The molecule has 198 valence electrons. The average Bonchev–Trinajstić information content (AvgIpc) is 3.34. The van der Waals surface area contributed by atoms with Crippen molar-refractivity contribution in [3.05, 3.63) is 81.5 Å². The molecule has 0 saturated carbocycles. The van der Waals surface area contributed by atoms with Gasteiger partial charge >= 0.3 is 0 Å². The molecule has 1 aliphatic rings. The quantitative estimate of drug-likeness (QED) is 0.259. The fourth-order valence-electron chi connectivity index (χ4n) is 4.71. The molecule has 0 amide bonds. The Morgan fingerprint density at radius 2 is 1.95 bits per heavy atom. The summed E-state index contributed by atoms with van der Waals surface area (Å²) in [7, 11) is 0. The van der Waals surface area contributed by atoms with Crippen molar-refractivity contribution in [3.63, 3.8) is 0 Å². The molecule has 0 spiro atoms. The molecule has 2 N–H and O–H groups in total. The summed E-state index contributed by atoms with van der Waals surface area (Å²) in [6.07, 6.45) is 7.67. The number of nitrogens with one attached hydrogen (secondary N) is 1. The molecular formula is C28H28Cl2FN5O2. The summed E-state index contributed by atoms with van der Waals surface area (Å²) < 4.78 is 21.4. The second-order valence-corrected chi connectivity index (χ2v) is 10.3. The van der Waals surface area contributed by atoms with Crippen molar-refractivity contribution in [2.45, 2.75) is 32.4 Å². The van der Waals surface area contributed by atoms with Crippen LogP contribution in [0.15, 0.2) is 48.9 Å². The fraction of sp³-hybridized carbons (Fsp3) is 0.321. The number of H-pyrrole nitrogens is 1. The first-order chi connectivity index (χ1) is 18.4. The van der Waals surface area contributed by atoms with E-state index in [0.29, 0.717) is 43.7 Å². The van der Waals surface area contributed by atoms with Crippen LogP contribution in [0.3, 0.4) is 0 Å². The lowest BCUT2D eigenvalue weighted by molar-refractivity contribution is 0.126. The van der Waals surface area contributed by atoms with E-state index in [1.807, 2.05) is 19.1 Å². The van der Waals surface area contributed by atoms with E-state index >= 15 is 4.39 Å². The Hall–Kier alpha value is -3.04. The average molecular weight is 556 g/mol. The molecular weight excluding hydrogens is 528 g/mol. The molecule has 1 fully saturated rings. The van der Waals surface area contributed by atoms with Crippen LogP contribution in [0.25, 0.3) is 22.8 Å². The van der Waals surface area contributed by atoms with Gasteiger partial charge in [-0.3, -0.25) is 20.0 Å². The molecule has 0 aliphatic carbocycles. The molecule has 4 heterocycles. The molecule has 0 bridgehead atoms. The van der Waals surface area contributed by atoms with Gasteiger partial charge in [0.25, 0.3) is 0 Å². The molecule has 1 aliphatic heterocycles. The SMILES string of the molecule is CC(Oc1ccc2[nH]nc(/C(F)=C/c3ccc(CN4CCC(CO)CC4)nc3)c2c1)c1c(Cl)cncc1Cl. The number of rotatable bonds is 8. The van der Waals surface area contributed by atoms with E-state index in [1.165, 1.54) is 18.5 Å². The molecule has 5 rings (SSSR count). The number of nitrogens with zero attached hydrogens (tertiary/aromatic N) is 4. The molecule has 7 nitrogen and oxygen atoms in total. The number of aromatic nitrogens is 4. The van der Waals surface area contributed by atoms with E-state index in [1.54, 1.807) is 24.4 Å². The van der Waals surface area contributed by atoms with Crippen LogP contribution >= 0.6 is 23.2 Å². The van der Waals surface area contributed by atoms with Crippen molar-refractivity contribution in [2.24, 2.45) is 5.92 Å². The van der Waals surface area contributed by atoms with Crippen molar-refractivity contribution < 1.29 is 14.2 Å². The maximum absolute atomic E-state index is 15.3. The minimum Gasteiger partial charge on any atom is -0.486 e. The Labute approximate surface area is 230 Å². The Balaban J connectivity index is 1.30. The van der Waals surface area contributed by atoms with Gasteiger partial charge in [-0.2, -0.15) is 5.10 Å². The molecule has 0 radical (unpaired) electrons. The summed E-state index contributed by atoms with van der Waals surface area (Å²) in [5, 5.41) is 17.8. The number of ether oxygens (including phenoxy) is 1. The van der Waals surface area contributed by atoms with Gasteiger partial charge in [-0.1, -0.05) is 29.3 Å². The maximum atomic E-state index is 15.3. The highest BCUT2D eigenvalue weighted by molar-refractivity contribution is 6.35. The highest BCUT2D eigenvalue weighted by atomic mass is 35.5. The molecule has 1 unspecified atom stereocenters. The van der Waals surface area contributed by atoms with E-state index in [-0.39, 0.29) is 12.3 Å². The number of hydrogen-bond acceptors (Lipinski definition) is 6. The molecule has 1 atom stereocenters. The first-order valence-electron chi connectivity index (χ1n) is 12.5. The van der Waals surface area contributed by atoms with E-state index < -0.39 is 11.9 Å². The fourth-order valence-corrected chi connectivity index (χ4v) is 5.38. The maximum Gasteiger partial charge on any atom is 0.151 e. The van der Waals surface area contributed by atoms with Gasteiger partial charge in [-0.15, -0.1) is 0 Å². The van der Waals surface area contributed by atoms with Gasteiger partial charge in [0.15, 0.2) is 5.83 Å². The highest BCUT2D eigenvalue weighted by Gasteiger charge is 2.19. The molecule has 10 heteroatoms. The second-order valence-electron chi connectivity index (χ2n) is 9.53. The third-order valence-electron chi connectivity index (χ3n) is 6.86. The Kier molecular flexibility index (Phi) is 8.24. The zero-order valence-corrected chi connectivity index (χ0v) is 22.4. The molecule has 1 aromatic carbocycles. The van der Waals surface area contributed by atoms with Crippen LogP contribution < -0.4 is 4.74 Å². The zero-order valence-electron chi connectivity index (χ0n) is 20.9. The number of pyridine rings is 2. The number of aliphatic hydroxyl groups excluding tert-OH is 1. The van der Waals surface area contributed by atoms with Crippen molar-refractivity contribution in [2.75, 3.05) is 19.7 Å². The van der Waals surface area contributed by atoms with E-state index in [2.05, 4.69) is 25.1 Å². The topological polar surface area (TPSA) is 87.2 Å². The lowest BCUT2D eigenvalue weighted by Crippen LogP contribution is -2.34. The van der Waals surface area contributed by atoms with E-state index in [9.17, 15) is 5.11 Å². The zero-order chi connectivity index (χ0) is 26.6. The predicted molar refractivity (Wildman–Crippen MR) is 148 cm³/mol. The number of aliphatic hydroxyl groups is 1. The Morgan fingerprint density at radius 3 is 2.63 bits per heavy atom. The number of hydrogen-bond donors (Lipinski definition) is 2. The van der Waals surface area contributed by atoms with Gasteiger partial charge in [0.1, 0.15) is 17.5 Å². The Morgan fingerprint density at radius 1 is 1.18 bits per heavy atom. The first-order valence-corrected chi connectivity index (χ1v) is 13.3. The standard InChI is InChI=1S/C28H28Cl2FN5O2/c1-17(27-23(29)13-32-14-24(27)30)38-21-4-5-26-22(11-21)28(35-34-26)25(31)10-19-2-3-20(33-12-19)15-36-8-6-18(16-37)7-9-36/h2-5,10-14,17-18,37H,6-9,15-16H2,1H3,(H,34,35)/b25-10-. The summed E-state index contributed by atoms with van der Waals surface area (Å²) in [5.41, 5.74) is 3.08. The molecule has 4 aromatic rings. The van der Waals surface area contributed by atoms with Crippen LogP contribution in [0.2, 0.25) is 10.0 Å². The van der Waals surface area contributed by atoms with Crippen LogP contribution in [0.1, 0.15) is 48.4 Å². The summed E-state index contributed by atoms with van der Waals surface area (Å²) in [5.74, 6) is 0.443. The second kappa shape index (κ2) is 11.8. The van der Waals surface area contributed by atoms with Crippen LogP contribution in [-0.4, -0.2) is 49.9 Å². The third-order valence-corrected chi connectivity index (χ3v) is 7.46. The third kappa shape index (κ3) is 5.99.